The van der Waals surface area contributed by atoms with Gasteiger partial charge in [0.15, 0.2) is 0 Å². The predicted octanol–water partition coefficient (Wildman–Crippen LogP) is 4.35. The molecule has 2 aliphatic rings. The van der Waals surface area contributed by atoms with Crippen LogP contribution in [0.4, 0.5) is 13.6 Å². The highest BCUT2D eigenvalue weighted by Gasteiger charge is 2.41. The number of allylic oxidation sites excluding steroid dienone is 2. The van der Waals surface area contributed by atoms with Crippen LogP contribution < -0.4 is 10.1 Å². The molecule has 1 atom stereocenters. The second-order valence-electron chi connectivity index (χ2n) is 7.83. The number of ether oxygens (including phenoxy) is 3. The van der Waals surface area contributed by atoms with E-state index in [1.165, 1.54) is 37.6 Å². The molecule has 0 radical (unpaired) electrons. The fourth-order valence-corrected chi connectivity index (χ4v) is 4.11. The Morgan fingerprint density at radius 2 is 1.91 bits per heavy atom. The van der Waals surface area contributed by atoms with Crippen LogP contribution in [-0.4, -0.2) is 48.8 Å². The molecule has 2 heterocycles. The fraction of sp³-hybridized carbons (Fsp3) is 0.500. The standard InChI is InChI=1S/C22H27F2N3O6/c1-14-19(27(29)30)18(16-8-4-5-9-17(16)32-21(23)24)20(15(2)25-14)33-22(28)31-13-12-26-10-6-3-7-11-26/h4-5,8-9,18,21,25H,3,6-7,10-13H2,1-2H3. The van der Waals surface area contributed by atoms with Gasteiger partial charge in [0.05, 0.1) is 16.3 Å². The van der Waals surface area contributed by atoms with Gasteiger partial charge in [-0.3, -0.25) is 15.0 Å². The molecule has 1 aromatic rings. The van der Waals surface area contributed by atoms with E-state index in [0.29, 0.717) is 12.2 Å². The minimum Gasteiger partial charge on any atom is -0.435 e. The first-order valence-corrected chi connectivity index (χ1v) is 10.7. The Balaban J connectivity index is 1.83. The molecule has 11 heteroatoms. The maximum atomic E-state index is 13.0. The van der Waals surface area contributed by atoms with Gasteiger partial charge in [-0.25, -0.2) is 4.79 Å². The van der Waals surface area contributed by atoms with Crippen molar-refractivity contribution in [3.63, 3.8) is 0 Å². The van der Waals surface area contributed by atoms with Crippen molar-refractivity contribution in [2.75, 3.05) is 26.2 Å². The number of rotatable bonds is 8. The van der Waals surface area contributed by atoms with E-state index in [-0.39, 0.29) is 35.1 Å². The molecule has 3 rings (SSSR count). The molecule has 0 aliphatic carbocycles. The van der Waals surface area contributed by atoms with Crippen LogP contribution >= 0.6 is 0 Å². The number of nitrogens with zero attached hydrogens (tertiary/aromatic N) is 2. The zero-order chi connectivity index (χ0) is 24.0. The Hall–Kier alpha value is -3.21. The highest BCUT2D eigenvalue weighted by Crippen LogP contribution is 2.42. The van der Waals surface area contributed by atoms with Gasteiger partial charge < -0.3 is 19.5 Å². The fourth-order valence-electron chi connectivity index (χ4n) is 4.11. The van der Waals surface area contributed by atoms with Crippen LogP contribution in [0.1, 0.15) is 44.6 Å². The van der Waals surface area contributed by atoms with Crippen LogP contribution in [0.2, 0.25) is 0 Å². The summed E-state index contributed by atoms with van der Waals surface area (Å²) in [5, 5.41) is 14.7. The third kappa shape index (κ3) is 6.19. The first-order valence-electron chi connectivity index (χ1n) is 10.7. The Morgan fingerprint density at radius 3 is 2.58 bits per heavy atom. The van der Waals surface area contributed by atoms with Crippen LogP contribution in [0.15, 0.2) is 47.1 Å². The van der Waals surface area contributed by atoms with Crippen molar-refractivity contribution in [3.05, 3.63) is 62.8 Å². The Bertz CT molecular complexity index is 944. The van der Waals surface area contributed by atoms with Gasteiger partial charge in [0.25, 0.3) is 5.70 Å². The van der Waals surface area contributed by atoms with E-state index in [1.54, 1.807) is 6.92 Å². The maximum Gasteiger partial charge on any atom is 0.513 e. The summed E-state index contributed by atoms with van der Waals surface area (Å²) in [5.74, 6) is -1.62. The number of hydrogen-bond donors (Lipinski definition) is 1. The second-order valence-corrected chi connectivity index (χ2v) is 7.83. The number of nitrogens with one attached hydrogen (secondary N) is 1. The summed E-state index contributed by atoms with van der Waals surface area (Å²) in [6.07, 6.45) is 2.35. The molecular weight excluding hydrogens is 440 g/mol. The highest BCUT2D eigenvalue weighted by molar-refractivity contribution is 5.63. The van der Waals surface area contributed by atoms with E-state index < -0.39 is 23.6 Å². The number of carbonyl (C=O) groups is 1. The topological polar surface area (TPSA) is 103 Å². The summed E-state index contributed by atoms with van der Waals surface area (Å²) in [5.41, 5.74) is 0.242. The van der Waals surface area contributed by atoms with Crippen molar-refractivity contribution >= 4 is 6.16 Å². The molecule has 1 saturated heterocycles. The Morgan fingerprint density at radius 1 is 1.21 bits per heavy atom. The molecule has 1 aromatic carbocycles. The van der Waals surface area contributed by atoms with Gasteiger partial charge in [-0.15, -0.1) is 0 Å². The van der Waals surface area contributed by atoms with Gasteiger partial charge in [-0.05, 0) is 45.8 Å². The molecule has 1 unspecified atom stereocenters. The average Bonchev–Trinajstić information content (AvgIpc) is 2.76. The number of likely N-dealkylation sites (tertiary alicyclic amines) is 1. The monoisotopic (exact) mass is 467 g/mol. The number of para-hydroxylation sites is 1. The molecule has 33 heavy (non-hydrogen) atoms. The first kappa shape index (κ1) is 24.4. The van der Waals surface area contributed by atoms with Gasteiger partial charge in [-0.1, -0.05) is 24.6 Å². The summed E-state index contributed by atoms with van der Waals surface area (Å²) in [4.78, 5) is 25.9. The number of hydrogen-bond acceptors (Lipinski definition) is 8. The lowest BCUT2D eigenvalue weighted by Gasteiger charge is -2.28. The van der Waals surface area contributed by atoms with Crippen molar-refractivity contribution < 1.29 is 32.7 Å². The average molecular weight is 467 g/mol. The first-order chi connectivity index (χ1) is 15.8. The zero-order valence-corrected chi connectivity index (χ0v) is 18.5. The summed E-state index contributed by atoms with van der Waals surface area (Å²) in [6, 6.07) is 5.70. The van der Waals surface area contributed by atoms with Crippen molar-refractivity contribution in [1.29, 1.82) is 0 Å². The molecule has 0 amide bonds. The maximum absolute atomic E-state index is 13.0. The molecule has 9 nitrogen and oxygen atoms in total. The SMILES string of the molecule is CC1=C(OC(=O)OCCN2CCCCC2)C(c2ccccc2OC(F)F)C([N+](=O)[O-])=C(C)N1. The van der Waals surface area contributed by atoms with Crippen LogP contribution in [0, 0.1) is 10.1 Å². The predicted molar refractivity (Wildman–Crippen MR) is 114 cm³/mol. The van der Waals surface area contributed by atoms with Gasteiger partial charge in [-0.2, -0.15) is 8.78 Å². The lowest BCUT2D eigenvalue weighted by molar-refractivity contribution is -0.431. The van der Waals surface area contributed by atoms with E-state index in [2.05, 4.69) is 15.0 Å². The Labute approximate surface area is 190 Å². The smallest absolute Gasteiger partial charge is 0.435 e. The number of dihydropyridines is 1. The summed E-state index contributed by atoms with van der Waals surface area (Å²) in [6.45, 7) is 2.45. The molecular formula is C22H27F2N3O6. The number of alkyl halides is 2. The van der Waals surface area contributed by atoms with Crippen molar-refractivity contribution in [2.45, 2.75) is 45.6 Å². The van der Waals surface area contributed by atoms with E-state index in [4.69, 9.17) is 9.47 Å². The number of carbonyl (C=O) groups excluding carboxylic acids is 1. The number of halogens is 2. The molecule has 2 aliphatic heterocycles. The van der Waals surface area contributed by atoms with E-state index in [1.807, 2.05) is 0 Å². The normalized spacial score (nSPS) is 19.4. The zero-order valence-electron chi connectivity index (χ0n) is 18.5. The second kappa shape index (κ2) is 11.1. The van der Waals surface area contributed by atoms with Crippen LogP contribution in [-0.2, 0) is 9.47 Å². The molecule has 0 aromatic heterocycles. The lowest BCUT2D eigenvalue weighted by atomic mass is 9.89. The largest absolute Gasteiger partial charge is 0.513 e. The minimum atomic E-state index is -3.13. The van der Waals surface area contributed by atoms with Gasteiger partial charge in [0.1, 0.15) is 24.0 Å². The molecule has 0 bridgehead atoms. The van der Waals surface area contributed by atoms with Crippen LogP contribution in [0.5, 0.6) is 5.75 Å². The molecule has 0 saturated carbocycles. The Kier molecular flexibility index (Phi) is 8.21. The molecule has 1 N–H and O–H groups in total. The van der Waals surface area contributed by atoms with Gasteiger partial charge >= 0.3 is 12.8 Å². The molecule has 180 valence electrons. The van der Waals surface area contributed by atoms with Crippen LogP contribution in [0.25, 0.3) is 0 Å². The van der Waals surface area contributed by atoms with E-state index >= 15 is 0 Å². The van der Waals surface area contributed by atoms with Gasteiger partial charge in [0.2, 0.25) is 0 Å². The third-order valence-corrected chi connectivity index (χ3v) is 5.58. The van der Waals surface area contributed by atoms with E-state index in [9.17, 15) is 23.7 Å². The summed E-state index contributed by atoms with van der Waals surface area (Å²) in [7, 11) is 0. The van der Waals surface area contributed by atoms with Crippen molar-refractivity contribution in [2.24, 2.45) is 0 Å². The molecule has 1 fully saturated rings. The lowest BCUT2D eigenvalue weighted by Crippen LogP contribution is -2.33. The summed E-state index contributed by atoms with van der Waals surface area (Å²) >= 11 is 0. The molecule has 0 spiro atoms. The van der Waals surface area contributed by atoms with E-state index in [0.717, 1.165) is 25.9 Å². The van der Waals surface area contributed by atoms with Crippen molar-refractivity contribution in [3.8, 4) is 5.75 Å². The van der Waals surface area contributed by atoms with Crippen LogP contribution in [0.3, 0.4) is 0 Å². The third-order valence-electron chi connectivity index (χ3n) is 5.58. The number of nitro groups is 1. The van der Waals surface area contributed by atoms with Gasteiger partial charge in [0, 0.05) is 12.1 Å². The van der Waals surface area contributed by atoms with Crippen molar-refractivity contribution in [1.82, 2.24) is 10.2 Å². The number of benzene rings is 1. The summed E-state index contributed by atoms with van der Waals surface area (Å²) < 4.78 is 41.1. The highest BCUT2D eigenvalue weighted by atomic mass is 19.3. The quantitative estimate of drug-likeness (QED) is 0.342. The number of piperidine rings is 1. The minimum absolute atomic E-state index is 0.0702.